The van der Waals surface area contributed by atoms with Gasteiger partial charge in [0.25, 0.3) is 0 Å². The average molecular weight is 214 g/mol. The van der Waals surface area contributed by atoms with Crippen LogP contribution in [0.5, 0.6) is 0 Å². The van der Waals surface area contributed by atoms with Gasteiger partial charge in [0.15, 0.2) is 0 Å². The molecule has 0 amide bonds. The summed E-state index contributed by atoms with van der Waals surface area (Å²) in [5.41, 5.74) is 0. The van der Waals surface area contributed by atoms with Crippen molar-refractivity contribution in [2.45, 2.75) is 59.9 Å². The van der Waals surface area contributed by atoms with Crippen molar-refractivity contribution in [1.29, 1.82) is 0 Å². The first-order valence-corrected chi connectivity index (χ1v) is 4.88. The van der Waals surface area contributed by atoms with Gasteiger partial charge in [-0.05, 0) is 41.5 Å². The maximum atomic E-state index is 5.43. The molecule has 0 aromatic heterocycles. The molecule has 0 unspecified atom stereocenters. The summed E-state index contributed by atoms with van der Waals surface area (Å²) in [5, 5.41) is 0. The first kappa shape index (κ1) is 17.1. The van der Waals surface area contributed by atoms with E-state index in [-0.39, 0.29) is 41.4 Å². The van der Waals surface area contributed by atoms with Crippen molar-refractivity contribution in [3.05, 3.63) is 0 Å². The maximum absolute atomic E-state index is 5.43. The normalized spacial score (nSPS) is 10.9. The Labute approximate surface area is 104 Å². The van der Waals surface area contributed by atoms with Crippen LogP contribution in [-0.2, 0) is 14.0 Å². The van der Waals surface area contributed by atoms with Gasteiger partial charge >= 0.3 is 30.4 Å². The van der Waals surface area contributed by atoms with E-state index >= 15 is 0 Å². The van der Waals surface area contributed by atoms with Crippen molar-refractivity contribution in [3.8, 4) is 0 Å². The van der Waals surface area contributed by atoms with Crippen LogP contribution in [0.3, 0.4) is 0 Å². The van der Waals surface area contributed by atoms with Crippen molar-refractivity contribution in [3.63, 3.8) is 0 Å². The molecule has 0 radical (unpaired) electrons. The van der Waals surface area contributed by atoms with Crippen molar-refractivity contribution < 1.29 is 14.0 Å². The molecule has 0 fully saturated rings. The topological polar surface area (TPSA) is 27.7 Å². The molecule has 0 aliphatic heterocycles. The van der Waals surface area contributed by atoms with Crippen molar-refractivity contribution in [2.75, 3.05) is 0 Å². The van der Waals surface area contributed by atoms with Gasteiger partial charge in [0.2, 0.25) is 0 Å². The number of hydrogen-bond donors (Lipinski definition) is 0. The summed E-state index contributed by atoms with van der Waals surface area (Å²) in [4.78, 5) is 0. The van der Waals surface area contributed by atoms with Gasteiger partial charge in [-0.3, -0.25) is 0 Å². The molecule has 0 saturated heterocycles. The highest BCUT2D eigenvalue weighted by Crippen LogP contribution is 2.04. The van der Waals surface area contributed by atoms with Gasteiger partial charge < -0.3 is 14.0 Å². The smallest absolute Gasteiger partial charge is 0.384 e. The molecule has 82 valence electrons. The maximum Gasteiger partial charge on any atom is 0.639 e. The Morgan fingerprint density at radius 1 is 0.643 bits per heavy atom. The molecule has 0 bridgehead atoms. The van der Waals surface area contributed by atoms with E-state index in [1.54, 1.807) is 0 Å². The molecule has 0 rings (SSSR count). The predicted octanol–water partition coefficient (Wildman–Crippen LogP) is 1.33. The van der Waals surface area contributed by atoms with Gasteiger partial charge in [0, 0.05) is 18.3 Å². The molecule has 0 aliphatic rings. The van der Waals surface area contributed by atoms with E-state index < -0.39 is 7.32 Å². The van der Waals surface area contributed by atoms with Gasteiger partial charge in [-0.2, -0.15) is 0 Å². The monoisotopic (exact) mass is 214 g/mol. The largest absolute Gasteiger partial charge is 0.639 e. The molecule has 5 heteroatoms. The summed E-state index contributed by atoms with van der Waals surface area (Å²) in [6, 6.07) is 0. The Morgan fingerprint density at radius 3 is 1.00 bits per heavy atom. The molecule has 0 heterocycles. The van der Waals surface area contributed by atoms with E-state index in [0.29, 0.717) is 0 Å². The Balaban J connectivity index is 0. The Hall–Kier alpha value is 0.711. The van der Waals surface area contributed by atoms with Crippen LogP contribution in [0, 0.1) is 0 Å². The molecular weight excluding hydrogens is 191 g/mol. The molecule has 0 saturated carbocycles. The summed E-state index contributed by atoms with van der Waals surface area (Å²) in [6.45, 7) is 11.8. The minimum atomic E-state index is -0.542. The van der Waals surface area contributed by atoms with Crippen LogP contribution in [0.1, 0.15) is 41.5 Å². The Bertz CT molecular complexity index is 107. The zero-order chi connectivity index (χ0) is 10.4. The first-order chi connectivity index (χ1) is 5.91. The van der Waals surface area contributed by atoms with Crippen LogP contribution in [0.2, 0.25) is 0 Å². The van der Waals surface area contributed by atoms with Crippen LogP contribution in [0.4, 0.5) is 0 Å². The van der Waals surface area contributed by atoms with Gasteiger partial charge in [0.05, 0.1) is 0 Å². The molecule has 0 atom stereocenters. The highest BCUT2D eigenvalue weighted by molar-refractivity contribution is 6.36. The van der Waals surface area contributed by atoms with Crippen LogP contribution in [0.15, 0.2) is 0 Å². The third-order valence-electron chi connectivity index (χ3n) is 1.15. The summed E-state index contributed by atoms with van der Waals surface area (Å²) in [6.07, 6.45) is 0.340. The average Bonchev–Trinajstić information content (AvgIpc) is 1.80. The summed E-state index contributed by atoms with van der Waals surface area (Å²) in [5.74, 6) is 0. The third-order valence-corrected chi connectivity index (χ3v) is 1.15. The van der Waals surface area contributed by atoms with E-state index in [0.717, 1.165) is 0 Å². The van der Waals surface area contributed by atoms with E-state index in [9.17, 15) is 0 Å². The van der Waals surface area contributed by atoms with E-state index in [2.05, 4.69) is 0 Å². The lowest BCUT2D eigenvalue weighted by atomic mass is 10.2. The van der Waals surface area contributed by atoms with E-state index in [1.807, 2.05) is 41.5 Å². The lowest BCUT2D eigenvalue weighted by Gasteiger charge is -2.20. The van der Waals surface area contributed by atoms with Gasteiger partial charge in [0.1, 0.15) is 0 Å². The van der Waals surface area contributed by atoms with Crippen LogP contribution < -0.4 is 0 Å². The molecular formula is C9H23BMgO3. The highest BCUT2D eigenvalue weighted by Gasteiger charge is 2.25. The second-order valence-electron chi connectivity index (χ2n) is 3.84. The Morgan fingerprint density at radius 2 is 0.857 bits per heavy atom. The van der Waals surface area contributed by atoms with Gasteiger partial charge in [-0.1, -0.05) is 0 Å². The lowest BCUT2D eigenvalue weighted by molar-refractivity contribution is 0.0335. The molecule has 14 heavy (non-hydrogen) atoms. The summed E-state index contributed by atoms with van der Waals surface area (Å²) < 4.78 is 16.3. The van der Waals surface area contributed by atoms with Gasteiger partial charge in [-0.25, -0.2) is 0 Å². The molecule has 0 spiro atoms. The molecule has 3 nitrogen and oxygen atoms in total. The lowest BCUT2D eigenvalue weighted by Crippen LogP contribution is -2.34. The van der Waals surface area contributed by atoms with Gasteiger partial charge in [-0.15, -0.1) is 0 Å². The standard InChI is InChI=1S/C9H21BO3.Mg.2H/c1-7(2)11-10(12-8(3)4)13-9(5)6;;;/h7-9H,1-6H3;;;. The van der Waals surface area contributed by atoms with Crippen molar-refractivity contribution in [1.82, 2.24) is 0 Å². The zero-order valence-electron chi connectivity index (χ0n) is 9.53. The fourth-order valence-corrected chi connectivity index (χ4v) is 0.763. The quantitative estimate of drug-likeness (QED) is 0.624. The fourth-order valence-electron chi connectivity index (χ4n) is 0.763. The van der Waals surface area contributed by atoms with Crippen molar-refractivity contribution in [2.24, 2.45) is 0 Å². The van der Waals surface area contributed by atoms with Crippen LogP contribution >= 0.6 is 0 Å². The second-order valence-corrected chi connectivity index (χ2v) is 3.84. The van der Waals surface area contributed by atoms with Crippen LogP contribution in [-0.4, -0.2) is 48.7 Å². The molecule has 0 aromatic carbocycles. The fraction of sp³-hybridized carbons (Fsp3) is 1.00. The third kappa shape index (κ3) is 10.8. The minimum absolute atomic E-state index is 0. The SMILES string of the molecule is CC(C)OB(OC(C)C)OC(C)C.[MgH2]. The molecule has 0 aliphatic carbocycles. The van der Waals surface area contributed by atoms with E-state index in [4.69, 9.17) is 14.0 Å². The van der Waals surface area contributed by atoms with Crippen LogP contribution in [0.25, 0.3) is 0 Å². The van der Waals surface area contributed by atoms with Crippen molar-refractivity contribution >= 4 is 30.4 Å². The first-order valence-electron chi connectivity index (χ1n) is 4.88. The van der Waals surface area contributed by atoms with E-state index in [1.165, 1.54) is 0 Å². The molecule has 0 N–H and O–H groups in total. The highest BCUT2D eigenvalue weighted by atomic mass is 24.3. The second kappa shape index (κ2) is 8.97. The number of rotatable bonds is 6. The Kier molecular flexibility index (Phi) is 11.0. The number of hydrogen-bond acceptors (Lipinski definition) is 3. The predicted molar refractivity (Wildman–Crippen MR) is 63.0 cm³/mol. The summed E-state index contributed by atoms with van der Waals surface area (Å²) in [7, 11) is -0.542. The molecule has 0 aromatic rings. The minimum Gasteiger partial charge on any atom is -0.384 e. The zero-order valence-corrected chi connectivity index (χ0v) is 9.53. The summed E-state index contributed by atoms with van der Waals surface area (Å²) >= 11 is 0.